The first kappa shape index (κ1) is 19.9. The Labute approximate surface area is 175 Å². The lowest BCUT2D eigenvalue weighted by Gasteiger charge is -2.42. The van der Waals surface area contributed by atoms with Crippen molar-refractivity contribution >= 4 is 11.9 Å². The van der Waals surface area contributed by atoms with Crippen LogP contribution in [0, 0.1) is 17.8 Å². The highest BCUT2D eigenvalue weighted by atomic mass is 16.4. The molecule has 5 rings (SSSR count). The summed E-state index contributed by atoms with van der Waals surface area (Å²) in [5.74, 6) is 1.02. The molecule has 30 heavy (non-hydrogen) atoms. The Morgan fingerprint density at radius 3 is 2.60 bits per heavy atom. The van der Waals surface area contributed by atoms with Gasteiger partial charge in [-0.05, 0) is 74.5 Å². The van der Waals surface area contributed by atoms with E-state index in [0.29, 0.717) is 43.1 Å². The van der Waals surface area contributed by atoms with Gasteiger partial charge in [-0.3, -0.25) is 14.5 Å². The Morgan fingerprint density at radius 1 is 1.03 bits per heavy atom. The van der Waals surface area contributed by atoms with E-state index in [9.17, 15) is 19.8 Å². The third-order valence-electron chi connectivity index (χ3n) is 7.58. The van der Waals surface area contributed by atoms with E-state index in [1.54, 1.807) is 4.80 Å². The van der Waals surface area contributed by atoms with Crippen LogP contribution in [0.5, 0.6) is 0 Å². The zero-order valence-corrected chi connectivity index (χ0v) is 17.1. The van der Waals surface area contributed by atoms with Crippen LogP contribution in [0.4, 0.5) is 0 Å². The van der Waals surface area contributed by atoms with Gasteiger partial charge in [-0.1, -0.05) is 0 Å². The fourth-order valence-corrected chi connectivity index (χ4v) is 5.75. The number of hydrogen-bond donors (Lipinski definition) is 3. The Hall–Kier alpha value is -2.07. The first-order valence-corrected chi connectivity index (χ1v) is 11.2. The van der Waals surface area contributed by atoms with Crippen molar-refractivity contribution in [2.75, 3.05) is 19.6 Å². The van der Waals surface area contributed by atoms with Crippen LogP contribution in [0.3, 0.4) is 0 Å². The summed E-state index contributed by atoms with van der Waals surface area (Å²) in [6.07, 6.45) is 6.54. The molecule has 3 unspecified atom stereocenters. The molecule has 4 fully saturated rings. The van der Waals surface area contributed by atoms with Gasteiger partial charge in [0.25, 0.3) is 0 Å². The van der Waals surface area contributed by atoms with Crippen LogP contribution in [0.2, 0.25) is 0 Å². The van der Waals surface area contributed by atoms with Gasteiger partial charge in [0.05, 0.1) is 6.04 Å². The van der Waals surface area contributed by atoms with Gasteiger partial charge in [0.15, 0.2) is 5.82 Å². The number of piperidine rings is 1. The minimum atomic E-state index is -0.790. The van der Waals surface area contributed by atoms with Gasteiger partial charge < -0.3 is 15.5 Å². The first-order chi connectivity index (χ1) is 14.5. The molecule has 0 bridgehead atoms. The molecule has 3 heterocycles. The number of rotatable bonds is 6. The molecule has 1 aromatic heterocycles. The average Bonchev–Trinajstić information content (AvgIpc) is 3.30. The lowest BCUT2D eigenvalue weighted by atomic mass is 9.69. The molecule has 164 valence electrons. The molecule has 6 atom stereocenters. The second-order valence-electron chi connectivity index (χ2n) is 9.67. The number of carboxylic acids is 2. The van der Waals surface area contributed by atoms with Crippen LogP contribution in [0.15, 0.2) is 0 Å². The van der Waals surface area contributed by atoms with E-state index in [2.05, 4.69) is 25.6 Å². The van der Waals surface area contributed by atoms with Crippen LogP contribution in [0.1, 0.15) is 62.7 Å². The highest BCUT2D eigenvalue weighted by Crippen LogP contribution is 2.40. The topological polar surface area (TPSA) is 133 Å². The van der Waals surface area contributed by atoms with Crippen molar-refractivity contribution in [3.8, 4) is 0 Å². The Kier molecular flexibility index (Phi) is 5.22. The molecule has 1 aromatic rings. The summed E-state index contributed by atoms with van der Waals surface area (Å²) >= 11 is 0. The molecule has 2 saturated carbocycles. The SMILES string of the molecule is O=C(O)C1CC2CC(CN3C[C@@H](n4nnc(C5CC5)n4)C[C@H]3C(=O)O)CC[C@H]2CN1. The fourth-order valence-electron chi connectivity index (χ4n) is 5.75. The predicted molar refractivity (Wildman–Crippen MR) is 105 cm³/mol. The fraction of sp³-hybridized carbons (Fsp3) is 0.850. The summed E-state index contributed by atoms with van der Waals surface area (Å²) in [6, 6.07) is -1.03. The average molecular weight is 418 g/mol. The number of tetrazole rings is 1. The van der Waals surface area contributed by atoms with Gasteiger partial charge in [-0.25, -0.2) is 0 Å². The minimum Gasteiger partial charge on any atom is -0.480 e. The van der Waals surface area contributed by atoms with E-state index in [4.69, 9.17) is 0 Å². The molecule has 4 aliphatic rings. The lowest BCUT2D eigenvalue weighted by Crippen LogP contribution is -2.50. The van der Waals surface area contributed by atoms with Crippen LogP contribution < -0.4 is 5.32 Å². The number of fused-ring (bicyclic) bond motifs is 1. The highest BCUT2D eigenvalue weighted by Gasteiger charge is 2.43. The second-order valence-corrected chi connectivity index (χ2v) is 9.67. The number of aromatic nitrogens is 4. The maximum Gasteiger partial charge on any atom is 0.321 e. The van der Waals surface area contributed by atoms with Gasteiger partial charge >= 0.3 is 11.9 Å². The van der Waals surface area contributed by atoms with Gasteiger partial charge in [-0.15, -0.1) is 10.2 Å². The molecule has 3 N–H and O–H groups in total. The number of hydrogen-bond acceptors (Lipinski definition) is 7. The quantitative estimate of drug-likeness (QED) is 0.611. The second kappa shape index (κ2) is 7.88. The Morgan fingerprint density at radius 2 is 1.87 bits per heavy atom. The molecule has 2 aliphatic heterocycles. The lowest BCUT2D eigenvalue weighted by molar-refractivity contribution is -0.143. The smallest absolute Gasteiger partial charge is 0.321 e. The van der Waals surface area contributed by atoms with Gasteiger partial charge in [0.1, 0.15) is 12.1 Å². The maximum atomic E-state index is 11.9. The molecular weight excluding hydrogens is 388 g/mol. The van der Waals surface area contributed by atoms with Crippen LogP contribution >= 0.6 is 0 Å². The standard InChI is InChI=1S/C20H30N6O4/c27-19(28)16-6-14-5-11(1-2-13(14)8-21-16)9-25-10-15(7-17(25)20(29)30)26-23-18(22-24-26)12-3-4-12/h11-17,21H,1-10H2,(H,27,28)(H,29,30)/t11?,13-,14?,15-,16?,17-/m0/s1. The van der Waals surface area contributed by atoms with Crippen molar-refractivity contribution in [3.63, 3.8) is 0 Å². The molecule has 0 radical (unpaired) electrons. The summed E-state index contributed by atoms with van der Waals surface area (Å²) in [5.41, 5.74) is 0. The summed E-state index contributed by atoms with van der Waals surface area (Å²) in [7, 11) is 0. The van der Waals surface area contributed by atoms with E-state index in [1.165, 1.54) is 0 Å². The number of carboxylic acid groups (broad SMARTS) is 2. The highest BCUT2D eigenvalue weighted by molar-refractivity contribution is 5.74. The Balaban J connectivity index is 1.22. The molecule has 0 aromatic carbocycles. The van der Waals surface area contributed by atoms with Gasteiger partial charge in [0, 0.05) is 19.0 Å². The van der Waals surface area contributed by atoms with Crippen molar-refractivity contribution in [2.45, 2.75) is 69.0 Å². The van der Waals surface area contributed by atoms with Crippen molar-refractivity contribution in [3.05, 3.63) is 5.82 Å². The third-order valence-corrected chi connectivity index (χ3v) is 7.58. The van der Waals surface area contributed by atoms with Crippen molar-refractivity contribution < 1.29 is 19.8 Å². The van der Waals surface area contributed by atoms with Gasteiger partial charge in [-0.2, -0.15) is 4.80 Å². The number of likely N-dealkylation sites (tertiary alicyclic amines) is 1. The van der Waals surface area contributed by atoms with Crippen molar-refractivity contribution in [1.82, 2.24) is 30.4 Å². The molecule has 0 spiro atoms. The van der Waals surface area contributed by atoms with E-state index < -0.39 is 24.0 Å². The number of nitrogens with one attached hydrogen (secondary N) is 1. The number of aliphatic carboxylic acids is 2. The first-order valence-electron chi connectivity index (χ1n) is 11.2. The maximum absolute atomic E-state index is 11.9. The Bertz CT molecular complexity index is 811. The van der Waals surface area contributed by atoms with E-state index in [-0.39, 0.29) is 6.04 Å². The van der Waals surface area contributed by atoms with Gasteiger partial charge in [0.2, 0.25) is 0 Å². The minimum absolute atomic E-state index is 0.0577. The van der Waals surface area contributed by atoms with Crippen LogP contribution in [0.25, 0.3) is 0 Å². The van der Waals surface area contributed by atoms with Crippen molar-refractivity contribution in [2.24, 2.45) is 17.8 Å². The zero-order chi connectivity index (χ0) is 20.8. The van der Waals surface area contributed by atoms with E-state index in [1.807, 2.05) is 0 Å². The predicted octanol–water partition coefficient (Wildman–Crippen LogP) is 0.730. The summed E-state index contributed by atoms with van der Waals surface area (Å²) < 4.78 is 0. The molecule has 2 aliphatic carbocycles. The third kappa shape index (κ3) is 3.94. The molecular formula is C20H30N6O4. The van der Waals surface area contributed by atoms with Crippen LogP contribution in [-0.2, 0) is 9.59 Å². The molecule has 10 heteroatoms. The summed E-state index contributed by atoms with van der Waals surface area (Å²) in [5, 5.41) is 35.2. The summed E-state index contributed by atoms with van der Waals surface area (Å²) in [4.78, 5) is 27.0. The molecule has 0 amide bonds. The number of nitrogens with zero attached hydrogens (tertiary/aromatic N) is 5. The van der Waals surface area contributed by atoms with E-state index in [0.717, 1.165) is 51.0 Å². The molecule has 10 nitrogen and oxygen atoms in total. The largest absolute Gasteiger partial charge is 0.480 e. The van der Waals surface area contributed by atoms with Crippen LogP contribution in [-0.4, -0.2) is 79.0 Å². The monoisotopic (exact) mass is 418 g/mol. The molecule has 2 saturated heterocycles. The summed E-state index contributed by atoms with van der Waals surface area (Å²) in [6.45, 7) is 2.15. The van der Waals surface area contributed by atoms with E-state index >= 15 is 0 Å². The zero-order valence-electron chi connectivity index (χ0n) is 17.1. The number of carbonyl (C=O) groups is 2. The van der Waals surface area contributed by atoms with Crippen molar-refractivity contribution in [1.29, 1.82) is 0 Å². The normalized spacial score (nSPS) is 37.1.